The van der Waals surface area contributed by atoms with Crippen LogP contribution in [0.25, 0.3) is 0 Å². The standard InChI is InChI=1S/C10H20N2O3.ClH/c1-5-6-7(11)8(13)12-10(2,3)9(14)15-4;/h7H,5-6,11H2,1-4H3,(H,12,13);1H. The van der Waals surface area contributed by atoms with Crippen LogP contribution in [0.3, 0.4) is 0 Å². The summed E-state index contributed by atoms with van der Waals surface area (Å²) in [6, 6.07) is -0.570. The number of nitrogens with one attached hydrogen (secondary N) is 1. The minimum atomic E-state index is -1.03. The molecule has 0 saturated heterocycles. The van der Waals surface area contributed by atoms with Gasteiger partial charge in [-0.3, -0.25) is 4.79 Å². The van der Waals surface area contributed by atoms with E-state index < -0.39 is 17.6 Å². The van der Waals surface area contributed by atoms with Crippen LogP contribution in [0.15, 0.2) is 0 Å². The molecule has 0 rings (SSSR count). The zero-order valence-corrected chi connectivity index (χ0v) is 11.0. The van der Waals surface area contributed by atoms with Gasteiger partial charge in [-0.2, -0.15) is 0 Å². The van der Waals surface area contributed by atoms with Crippen molar-refractivity contribution in [2.45, 2.75) is 45.2 Å². The average Bonchev–Trinajstić information content (AvgIpc) is 2.16. The zero-order valence-electron chi connectivity index (χ0n) is 10.2. The Morgan fingerprint density at radius 3 is 2.31 bits per heavy atom. The molecule has 1 atom stereocenters. The molecule has 96 valence electrons. The fourth-order valence-corrected chi connectivity index (χ4v) is 1.15. The summed E-state index contributed by atoms with van der Waals surface area (Å²) in [5, 5.41) is 2.55. The Morgan fingerprint density at radius 1 is 1.44 bits per heavy atom. The molecule has 0 aromatic carbocycles. The van der Waals surface area contributed by atoms with E-state index in [4.69, 9.17) is 5.73 Å². The van der Waals surface area contributed by atoms with Crippen LogP contribution in [0.2, 0.25) is 0 Å². The van der Waals surface area contributed by atoms with Crippen LogP contribution in [-0.2, 0) is 14.3 Å². The van der Waals surface area contributed by atoms with Crippen LogP contribution in [0.4, 0.5) is 0 Å². The molecule has 3 N–H and O–H groups in total. The molecule has 0 bridgehead atoms. The van der Waals surface area contributed by atoms with Crippen molar-refractivity contribution in [2.24, 2.45) is 5.73 Å². The molecule has 1 amide bonds. The van der Waals surface area contributed by atoms with Gasteiger partial charge in [0, 0.05) is 0 Å². The van der Waals surface area contributed by atoms with Crippen molar-refractivity contribution in [1.82, 2.24) is 5.32 Å². The number of hydrogen-bond acceptors (Lipinski definition) is 4. The van der Waals surface area contributed by atoms with Crippen molar-refractivity contribution >= 4 is 24.3 Å². The van der Waals surface area contributed by atoms with Crippen molar-refractivity contribution < 1.29 is 14.3 Å². The third-order valence-corrected chi connectivity index (χ3v) is 2.07. The number of ether oxygens (including phenoxy) is 1. The molecule has 0 aliphatic carbocycles. The maximum Gasteiger partial charge on any atom is 0.330 e. The molecule has 0 aliphatic heterocycles. The Bertz CT molecular complexity index is 244. The van der Waals surface area contributed by atoms with Crippen LogP contribution < -0.4 is 11.1 Å². The number of carbonyl (C=O) groups excluding carboxylic acids is 2. The summed E-state index contributed by atoms with van der Waals surface area (Å²) < 4.78 is 4.56. The maximum absolute atomic E-state index is 11.5. The van der Waals surface area contributed by atoms with Gasteiger partial charge in [0.05, 0.1) is 13.2 Å². The van der Waals surface area contributed by atoms with Crippen molar-refractivity contribution in [2.75, 3.05) is 7.11 Å². The Labute approximate surface area is 103 Å². The van der Waals surface area contributed by atoms with Gasteiger partial charge in [-0.15, -0.1) is 12.4 Å². The molecule has 0 aromatic heterocycles. The van der Waals surface area contributed by atoms with E-state index in [1.807, 2.05) is 6.92 Å². The molecule has 0 spiro atoms. The molecule has 16 heavy (non-hydrogen) atoms. The lowest BCUT2D eigenvalue weighted by Crippen LogP contribution is -2.55. The van der Waals surface area contributed by atoms with Crippen molar-refractivity contribution in [3.8, 4) is 0 Å². The van der Waals surface area contributed by atoms with E-state index in [2.05, 4.69) is 10.1 Å². The molecule has 1 unspecified atom stereocenters. The number of nitrogens with two attached hydrogens (primary N) is 1. The number of hydrogen-bond donors (Lipinski definition) is 2. The zero-order chi connectivity index (χ0) is 12.1. The summed E-state index contributed by atoms with van der Waals surface area (Å²) in [4.78, 5) is 22.8. The molecule has 0 saturated carbocycles. The van der Waals surface area contributed by atoms with Gasteiger partial charge in [-0.05, 0) is 20.3 Å². The lowest BCUT2D eigenvalue weighted by atomic mass is 10.0. The summed E-state index contributed by atoms with van der Waals surface area (Å²) in [5.74, 6) is -0.813. The fourth-order valence-electron chi connectivity index (χ4n) is 1.15. The first-order valence-electron chi connectivity index (χ1n) is 5.01. The Morgan fingerprint density at radius 2 is 1.94 bits per heavy atom. The number of esters is 1. The maximum atomic E-state index is 11.5. The smallest absolute Gasteiger partial charge is 0.330 e. The van der Waals surface area contributed by atoms with Crippen LogP contribution in [0, 0.1) is 0 Å². The van der Waals surface area contributed by atoms with Crippen molar-refractivity contribution in [1.29, 1.82) is 0 Å². The number of methoxy groups -OCH3 is 1. The lowest BCUT2D eigenvalue weighted by Gasteiger charge is -2.24. The number of carbonyl (C=O) groups is 2. The SMILES string of the molecule is CCCC(N)C(=O)NC(C)(C)C(=O)OC.Cl. The monoisotopic (exact) mass is 252 g/mol. The van der Waals surface area contributed by atoms with Crippen LogP contribution in [0.5, 0.6) is 0 Å². The van der Waals surface area contributed by atoms with E-state index in [1.165, 1.54) is 7.11 Å². The predicted molar refractivity (Wildman–Crippen MR) is 64.4 cm³/mol. The first-order chi connectivity index (χ1) is 6.85. The molecular formula is C10H21ClN2O3. The summed E-state index contributed by atoms with van der Waals surface area (Å²) in [5.41, 5.74) is 4.58. The third kappa shape index (κ3) is 5.32. The minimum absolute atomic E-state index is 0. The van der Waals surface area contributed by atoms with Crippen molar-refractivity contribution in [3.05, 3.63) is 0 Å². The van der Waals surface area contributed by atoms with Crippen molar-refractivity contribution in [3.63, 3.8) is 0 Å². The van der Waals surface area contributed by atoms with Gasteiger partial charge >= 0.3 is 5.97 Å². The second kappa shape index (κ2) is 7.46. The molecule has 6 heteroatoms. The molecular weight excluding hydrogens is 232 g/mol. The minimum Gasteiger partial charge on any atom is -0.467 e. The highest BCUT2D eigenvalue weighted by atomic mass is 35.5. The molecule has 0 aliphatic rings. The van der Waals surface area contributed by atoms with E-state index >= 15 is 0 Å². The molecule has 0 heterocycles. The average molecular weight is 253 g/mol. The van der Waals surface area contributed by atoms with Gasteiger partial charge in [-0.25, -0.2) is 4.79 Å². The van der Waals surface area contributed by atoms with E-state index in [0.29, 0.717) is 6.42 Å². The summed E-state index contributed by atoms with van der Waals surface area (Å²) >= 11 is 0. The molecule has 0 aromatic rings. The van der Waals surface area contributed by atoms with Gasteiger partial charge in [-0.1, -0.05) is 13.3 Å². The van der Waals surface area contributed by atoms with Gasteiger partial charge in [0.2, 0.25) is 5.91 Å². The van der Waals surface area contributed by atoms with Crippen LogP contribution in [0.1, 0.15) is 33.6 Å². The Kier molecular flexibility index (Phi) is 8.20. The quantitative estimate of drug-likeness (QED) is 0.703. The van der Waals surface area contributed by atoms with Crippen LogP contribution >= 0.6 is 12.4 Å². The highest BCUT2D eigenvalue weighted by Crippen LogP contribution is 2.05. The summed E-state index contributed by atoms with van der Waals surface area (Å²) in [6.45, 7) is 5.10. The summed E-state index contributed by atoms with van der Waals surface area (Å²) in [7, 11) is 1.28. The fraction of sp³-hybridized carbons (Fsp3) is 0.800. The Balaban J connectivity index is 0. The molecule has 5 nitrogen and oxygen atoms in total. The second-order valence-corrected chi connectivity index (χ2v) is 4.00. The largest absolute Gasteiger partial charge is 0.467 e. The highest BCUT2D eigenvalue weighted by Gasteiger charge is 2.31. The Hall–Kier alpha value is -0.810. The third-order valence-electron chi connectivity index (χ3n) is 2.07. The van der Waals surface area contributed by atoms with Gasteiger partial charge in [0.15, 0.2) is 0 Å². The number of amides is 1. The van der Waals surface area contributed by atoms with Gasteiger partial charge < -0.3 is 15.8 Å². The topological polar surface area (TPSA) is 81.4 Å². The molecule has 0 fully saturated rings. The number of rotatable bonds is 5. The molecule has 0 radical (unpaired) electrons. The van der Waals surface area contributed by atoms with E-state index in [9.17, 15) is 9.59 Å². The van der Waals surface area contributed by atoms with Gasteiger partial charge in [0.25, 0.3) is 0 Å². The summed E-state index contributed by atoms with van der Waals surface area (Å²) in [6.07, 6.45) is 1.43. The first-order valence-corrected chi connectivity index (χ1v) is 5.01. The van der Waals surface area contributed by atoms with E-state index in [1.54, 1.807) is 13.8 Å². The number of halogens is 1. The predicted octanol–water partition coefficient (Wildman–Crippen LogP) is 0.603. The highest BCUT2D eigenvalue weighted by molar-refractivity contribution is 5.89. The second-order valence-electron chi connectivity index (χ2n) is 4.00. The first kappa shape index (κ1) is 17.6. The normalized spacial score (nSPS) is 12.3. The van der Waals surface area contributed by atoms with E-state index in [0.717, 1.165) is 6.42 Å². The van der Waals surface area contributed by atoms with Crippen LogP contribution in [-0.4, -0.2) is 30.6 Å². The van der Waals surface area contributed by atoms with E-state index in [-0.39, 0.29) is 18.3 Å². The lowest BCUT2D eigenvalue weighted by molar-refractivity contribution is -0.149. The van der Waals surface area contributed by atoms with Gasteiger partial charge in [0.1, 0.15) is 5.54 Å².